The van der Waals surface area contributed by atoms with Gasteiger partial charge in [-0.05, 0) is 36.7 Å². The van der Waals surface area contributed by atoms with Crippen LogP contribution in [0.2, 0.25) is 0 Å². The van der Waals surface area contributed by atoms with Gasteiger partial charge in [0, 0.05) is 19.1 Å². The summed E-state index contributed by atoms with van der Waals surface area (Å²) in [5.41, 5.74) is 8.76. The molecule has 1 atom stereocenters. The van der Waals surface area contributed by atoms with E-state index in [-0.39, 0.29) is 6.04 Å². The number of hydrogen-bond acceptors (Lipinski definition) is 3. The van der Waals surface area contributed by atoms with Gasteiger partial charge in [0.05, 0.1) is 7.11 Å². The average molecular weight is 284 g/mol. The van der Waals surface area contributed by atoms with Crippen LogP contribution in [0.25, 0.3) is 0 Å². The Balaban J connectivity index is 1.85. The maximum Gasteiger partial charge on any atom is 0.119 e. The smallest absolute Gasteiger partial charge is 0.119 e. The molecule has 0 bridgehead atoms. The van der Waals surface area contributed by atoms with Gasteiger partial charge in [-0.25, -0.2) is 0 Å². The van der Waals surface area contributed by atoms with E-state index in [9.17, 15) is 0 Å². The summed E-state index contributed by atoms with van der Waals surface area (Å²) in [5, 5.41) is 0. The third kappa shape index (κ3) is 4.88. The highest BCUT2D eigenvalue weighted by Gasteiger charge is 2.10. The fraction of sp³-hybridized carbons (Fsp3) is 0.333. The highest BCUT2D eigenvalue weighted by atomic mass is 16.5. The lowest BCUT2D eigenvalue weighted by Crippen LogP contribution is -2.30. The standard InChI is InChI=1S/C18H24N2O/c1-20(12-11-15-7-4-3-5-8-15)14-18(19)16-9-6-10-17(13-16)21-2/h3-10,13,18H,11-12,14,19H2,1-2H3. The molecule has 0 aromatic heterocycles. The van der Waals surface area contributed by atoms with Crippen molar-refractivity contribution >= 4 is 0 Å². The van der Waals surface area contributed by atoms with Gasteiger partial charge in [0.1, 0.15) is 5.75 Å². The molecule has 3 nitrogen and oxygen atoms in total. The molecule has 2 rings (SSSR count). The van der Waals surface area contributed by atoms with E-state index in [1.165, 1.54) is 5.56 Å². The molecule has 0 fully saturated rings. The predicted octanol–water partition coefficient (Wildman–Crippen LogP) is 2.87. The Morgan fingerprint density at radius 1 is 1.10 bits per heavy atom. The Morgan fingerprint density at radius 2 is 1.86 bits per heavy atom. The van der Waals surface area contributed by atoms with E-state index in [4.69, 9.17) is 10.5 Å². The van der Waals surface area contributed by atoms with Crippen LogP contribution in [0.3, 0.4) is 0 Å². The average Bonchev–Trinajstić information content (AvgIpc) is 2.54. The molecule has 21 heavy (non-hydrogen) atoms. The van der Waals surface area contributed by atoms with Gasteiger partial charge in [-0.3, -0.25) is 0 Å². The van der Waals surface area contributed by atoms with Crippen LogP contribution < -0.4 is 10.5 Å². The zero-order chi connectivity index (χ0) is 15.1. The van der Waals surface area contributed by atoms with Crippen LogP contribution in [0.4, 0.5) is 0 Å². The van der Waals surface area contributed by atoms with Crippen LogP contribution in [0.5, 0.6) is 5.75 Å². The van der Waals surface area contributed by atoms with E-state index in [0.29, 0.717) is 0 Å². The van der Waals surface area contributed by atoms with Gasteiger partial charge in [0.2, 0.25) is 0 Å². The molecule has 0 aliphatic rings. The number of hydrogen-bond donors (Lipinski definition) is 1. The van der Waals surface area contributed by atoms with Crippen molar-refractivity contribution in [1.82, 2.24) is 4.90 Å². The fourth-order valence-corrected chi connectivity index (χ4v) is 2.37. The third-order valence-electron chi connectivity index (χ3n) is 3.66. The van der Waals surface area contributed by atoms with Crippen LogP contribution in [0, 0.1) is 0 Å². The van der Waals surface area contributed by atoms with Crippen molar-refractivity contribution in [2.24, 2.45) is 5.73 Å². The molecular formula is C18H24N2O. The first kappa shape index (κ1) is 15.5. The highest BCUT2D eigenvalue weighted by Crippen LogP contribution is 2.18. The lowest BCUT2D eigenvalue weighted by molar-refractivity contribution is 0.316. The first-order valence-corrected chi connectivity index (χ1v) is 7.31. The molecule has 112 valence electrons. The summed E-state index contributed by atoms with van der Waals surface area (Å²) in [4.78, 5) is 2.27. The number of rotatable bonds is 7. The van der Waals surface area contributed by atoms with Gasteiger partial charge < -0.3 is 15.4 Å². The summed E-state index contributed by atoms with van der Waals surface area (Å²) in [7, 11) is 3.79. The molecule has 0 amide bonds. The maximum atomic E-state index is 6.29. The molecule has 0 heterocycles. The Hall–Kier alpha value is -1.84. The molecule has 0 aliphatic carbocycles. The van der Waals surface area contributed by atoms with Crippen LogP contribution in [0.1, 0.15) is 17.2 Å². The van der Waals surface area contributed by atoms with Crippen LogP contribution in [-0.2, 0) is 6.42 Å². The van der Waals surface area contributed by atoms with Gasteiger partial charge in [-0.1, -0.05) is 42.5 Å². The second kappa shape index (κ2) is 7.81. The number of benzene rings is 2. The quantitative estimate of drug-likeness (QED) is 0.849. The molecular weight excluding hydrogens is 260 g/mol. The van der Waals surface area contributed by atoms with E-state index in [1.807, 2.05) is 24.3 Å². The van der Waals surface area contributed by atoms with Gasteiger partial charge in [0.15, 0.2) is 0 Å². The molecule has 0 spiro atoms. The zero-order valence-corrected chi connectivity index (χ0v) is 12.8. The van der Waals surface area contributed by atoms with Gasteiger partial charge >= 0.3 is 0 Å². The monoisotopic (exact) mass is 284 g/mol. The minimum atomic E-state index is 0.000809. The molecule has 2 aromatic rings. The van der Waals surface area contributed by atoms with E-state index < -0.39 is 0 Å². The van der Waals surface area contributed by atoms with Crippen molar-refractivity contribution in [3.05, 3.63) is 65.7 Å². The van der Waals surface area contributed by atoms with Crippen molar-refractivity contribution in [3.63, 3.8) is 0 Å². The second-order valence-corrected chi connectivity index (χ2v) is 5.38. The van der Waals surface area contributed by atoms with E-state index >= 15 is 0 Å². The number of nitrogens with two attached hydrogens (primary N) is 1. The van der Waals surface area contributed by atoms with E-state index in [0.717, 1.165) is 30.8 Å². The molecule has 3 heteroatoms. The fourth-order valence-electron chi connectivity index (χ4n) is 2.37. The minimum Gasteiger partial charge on any atom is -0.497 e. The Bertz CT molecular complexity index is 542. The van der Waals surface area contributed by atoms with Crippen molar-refractivity contribution in [3.8, 4) is 5.75 Å². The van der Waals surface area contributed by atoms with Crippen molar-refractivity contribution in [2.75, 3.05) is 27.2 Å². The third-order valence-corrected chi connectivity index (χ3v) is 3.66. The summed E-state index contributed by atoms with van der Waals surface area (Å²) in [6.45, 7) is 1.84. The summed E-state index contributed by atoms with van der Waals surface area (Å²) < 4.78 is 5.25. The summed E-state index contributed by atoms with van der Waals surface area (Å²) in [6, 6.07) is 18.5. The van der Waals surface area contributed by atoms with Crippen LogP contribution >= 0.6 is 0 Å². The first-order chi connectivity index (χ1) is 10.2. The van der Waals surface area contributed by atoms with E-state index in [1.54, 1.807) is 7.11 Å². The van der Waals surface area contributed by atoms with Gasteiger partial charge in [-0.15, -0.1) is 0 Å². The number of likely N-dealkylation sites (N-methyl/N-ethyl adjacent to an activating group) is 1. The normalized spacial score (nSPS) is 12.4. The second-order valence-electron chi connectivity index (χ2n) is 5.38. The maximum absolute atomic E-state index is 6.29. The first-order valence-electron chi connectivity index (χ1n) is 7.31. The highest BCUT2D eigenvalue weighted by molar-refractivity contribution is 5.30. The number of nitrogens with zero attached hydrogens (tertiary/aromatic N) is 1. The van der Waals surface area contributed by atoms with Gasteiger partial charge in [0.25, 0.3) is 0 Å². The lowest BCUT2D eigenvalue weighted by atomic mass is 10.1. The van der Waals surface area contributed by atoms with Crippen LogP contribution in [0.15, 0.2) is 54.6 Å². The molecule has 0 radical (unpaired) electrons. The summed E-state index contributed by atoms with van der Waals surface area (Å²) in [5.74, 6) is 0.856. The van der Waals surface area contributed by atoms with Crippen molar-refractivity contribution < 1.29 is 4.74 Å². The topological polar surface area (TPSA) is 38.5 Å². The summed E-state index contributed by atoms with van der Waals surface area (Å²) in [6.07, 6.45) is 1.04. The predicted molar refractivity (Wildman–Crippen MR) is 87.6 cm³/mol. The van der Waals surface area contributed by atoms with E-state index in [2.05, 4.69) is 42.3 Å². The van der Waals surface area contributed by atoms with Gasteiger partial charge in [-0.2, -0.15) is 0 Å². The minimum absolute atomic E-state index is 0.000809. The zero-order valence-electron chi connectivity index (χ0n) is 12.8. The molecule has 1 unspecified atom stereocenters. The lowest BCUT2D eigenvalue weighted by Gasteiger charge is -2.22. The molecule has 0 aliphatic heterocycles. The molecule has 2 aromatic carbocycles. The Labute approximate surface area is 127 Å². The Morgan fingerprint density at radius 3 is 2.57 bits per heavy atom. The molecule has 0 saturated heterocycles. The largest absolute Gasteiger partial charge is 0.497 e. The molecule has 0 saturated carbocycles. The number of ether oxygens (including phenoxy) is 1. The summed E-state index contributed by atoms with van der Waals surface area (Å²) >= 11 is 0. The molecule has 2 N–H and O–H groups in total. The van der Waals surface area contributed by atoms with Crippen molar-refractivity contribution in [1.29, 1.82) is 0 Å². The SMILES string of the molecule is COc1cccc(C(N)CN(C)CCc2ccccc2)c1. The Kier molecular flexibility index (Phi) is 5.78. The van der Waals surface area contributed by atoms with Crippen molar-refractivity contribution in [2.45, 2.75) is 12.5 Å². The van der Waals surface area contributed by atoms with Crippen LogP contribution in [-0.4, -0.2) is 32.1 Å². The number of methoxy groups -OCH3 is 1.